The Morgan fingerprint density at radius 2 is 1.92 bits per heavy atom. The zero-order valence-corrected chi connectivity index (χ0v) is 16.4. The van der Waals surface area contributed by atoms with Crippen LogP contribution in [0.2, 0.25) is 0 Å². The summed E-state index contributed by atoms with van der Waals surface area (Å²) in [4.78, 5) is 11.9. The number of hydrogen-bond donors (Lipinski definition) is 2. The van der Waals surface area contributed by atoms with Gasteiger partial charge in [-0.2, -0.15) is 5.10 Å². The van der Waals surface area contributed by atoms with Crippen molar-refractivity contribution in [2.45, 2.75) is 6.92 Å². The largest absolute Gasteiger partial charge is 0.496 e. The Labute approximate surface area is 157 Å². The van der Waals surface area contributed by atoms with E-state index < -0.39 is 0 Å². The molecule has 24 heavy (non-hydrogen) atoms. The summed E-state index contributed by atoms with van der Waals surface area (Å²) in [7, 11) is 1.59. The number of aryl methyl sites for hydroxylation is 1. The maximum Gasteiger partial charge on any atom is 0.259 e. The molecule has 0 radical (unpaired) electrons. The Bertz CT molecular complexity index is 740. The zero-order valence-electron chi connectivity index (χ0n) is 13.3. The maximum atomic E-state index is 11.9. The Kier molecular flexibility index (Phi) is 6.81. The minimum atomic E-state index is -0.250. The van der Waals surface area contributed by atoms with Gasteiger partial charge in [-0.05, 0) is 68.6 Å². The van der Waals surface area contributed by atoms with E-state index in [1.54, 1.807) is 13.3 Å². The fourth-order valence-electron chi connectivity index (χ4n) is 2.02. The van der Waals surface area contributed by atoms with Gasteiger partial charge in [0.1, 0.15) is 5.75 Å². The zero-order chi connectivity index (χ0) is 17.5. The number of anilines is 1. The van der Waals surface area contributed by atoms with Crippen LogP contribution in [0.5, 0.6) is 5.75 Å². The molecule has 0 saturated heterocycles. The first-order valence-corrected chi connectivity index (χ1v) is 8.74. The number of amides is 1. The first-order valence-electron chi connectivity index (χ1n) is 7.15. The summed E-state index contributed by atoms with van der Waals surface area (Å²) in [6.45, 7) is 2.10. The number of carbonyl (C=O) groups is 1. The lowest BCUT2D eigenvalue weighted by atomic mass is 10.2. The molecule has 0 aliphatic heterocycles. The molecule has 0 aromatic heterocycles. The Morgan fingerprint density at radius 3 is 2.58 bits per heavy atom. The van der Waals surface area contributed by atoms with Crippen molar-refractivity contribution in [1.29, 1.82) is 0 Å². The Balaban J connectivity index is 1.91. The average Bonchev–Trinajstić information content (AvgIpc) is 2.54. The van der Waals surface area contributed by atoms with Gasteiger partial charge in [-0.15, -0.1) is 0 Å². The van der Waals surface area contributed by atoms with Crippen LogP contribution in [-0.2, 0) is 4.79 Å². The summed E-state index contributed by atoms with van der Waals surface area (Å²) in [5.41, 5.74) is 5.21. The van der Waals surface area contributed by atoms with E-state index in [1.807, 2.05) is 43.3 Å². The van der Waals surface area contributed by atoms with Crippen LogP contribution in [-0.4, -0.2) is 25.8 Å². The summed E-state index contributed by atoms with van der Waals surface area (Å²) in [5.74, 6) is 0.446. The minimum absolute atomic E-state index is 0.101. The van der Waals surface area contributed by atoms with E-state index >= 15 is 0 Å². The quantitative estimate of drug-likeness (QED) is 0.510. The second-order valence-corrected chi connectivity index (χ2v) is 6.70. The number of nitrogens with one attached hydrogen (secondary N) is 2. The third kappa shape index (κ3) is 5.07. The molecule has 2 rings (SSSR count). The lowest BCUT2D eigenvalue weighted by molar-refractivity contribution is -0.119. The molecule has 0 aliphatic carbocycles. The molecule has 1 amide bonds. The number of rotatable bonds is 6. The van der Waals surface area contributed by atoms with Crippen LogP contribution >= 0.6 is 31.9 Å². The van der Waals surface area contributed by atoms with Crippen molar-refractivity contribution in [2.24, 2.45) is 5.10 Å². The number of benzene rings is 2. The molecule has 0 fully saturated rings. The van der Waals surface area contributed by atoms with Gasteiger partial charge in [-0.3, -0.25) is 4.79 Å². The highest BCUT2D eigenvalue weighted by molar-refractivity contribution is 9.11. The smallest absolute Gasteiger partial charge is 0.259 e. The standard InChI is InChI=1S/C17H17Br2N3O2/c1-11-7-13(18)17(14(19)8-11)20-10-16(23)22-21-9-12-5-3-4-6-15(12)24-2/h3-9,20H,10H2,1-2H3,(H,22,23)/b21-9+. The van der Waals surface area contributed by atoms with E-state index in [9.17, 15) is 4.79 Å². The monoisotopic (exact) mass is 453 g/mol. The molecule has 2 aromatic rings. The maximum absolute atomic E-state index is 11.9. The molecule has 0 saturated carbocycles. The fourth-order valence-corrected chi connectivity index (χ4v) is 3.72. The van der Waals surface area contributed by atoms with Gasteiger partial charge in [0.2, 0.25) is 0 Å². The molecule has 2 N–H and O–H groups in total. The van der Waals surface area contributed by atoms with Crippen molar-refractivity contribution in [3.8, 4) is 5.75 Å². The summed E-state index contributed by atoms with van der Waals surface area (Å²) in [6.07, 6.45) is 1.55. The van der Waals surface area contributed by atoms with E-state index in [0.717, 1.165) is 25.8 Å². The van der Waals surface area contributed by atoms with Gasteiger partial charge in [-0.25, -0.2) is 5.43 Å². The number of nitrogens with zero attached hydrogens (tertiary/aromatic N) is 1. The number of hydrogen-bond acceptors (Lipinski definition) is 4. The second-order valence-electron chi connectivity index (χ2n) is 4.99. The lowest BCUT2D eigenvalue weighted by Crippen LogP contribution is -2.26. The van der Waals surface area contributed by atoms with Crippen LogP contribution in [0.15, 0.2) is 50.4 Å². The number of carbonyl (C=O) groups excluding carboxylic acids is 1. The van der Waals surface area contributed by atoms with Crippen molar-refractivity contribution in [1.82, 2.24) is 5.43 Å². The first-order chi connectivity index (χ1) is 11.5. The van der Waals surface area contributed by atoms with Crippen LogP contribution in [0.25, 0.3) is 0 Å². The molecular weight excluding hydrogens is 438 g/mol. The van der Waals surface area contributed by atoms with Crippen LogP contribution in [0.3, 0.4) is 0 Å². The summed E-state index contributed by atoms with van der Waals surface area (Å²) < 4.78 is 6.99. The normalized spacial score (nSPS) is 10.7. The molecule has 5 nitrogen and oxygen atoms in total. The number of halogens is 2. The Hall–Kier alpha value is -1.86. The third-order valence-electron chi connectivity index (χ3n) is 3.14. The molecule has 0 atom stereocenters. The van der Waals surface area contributed by atoms with Gasteiger partial charge in [-0.1, -0.05) is 12.1 Å². The van der Waals surface area contributed by atoms with Crippen LogP contribution in [0.4, 0.5) is 5.69 Å². The number of hydrazone groups is 1. The molecule has 0 heterocycles. The van der Waals surface area contributed by atoms with E-state index in [-0.39, 0.29) is 12.5 Å². The van der Waals surface area contributed by atoms with Crippen molar-refractivity contribution in [2.75, 3.05) is 19.0 Å². The van der Waals surface area contributed by atoms with E-state index in [2.05, 4.69) is 47.7 Å². The first kappa shape index (κ1) is 18.5. The van der Waals surface area contributed by atoms with Gasteiger partial charge in [0.05, 0.1) is 25.6 Å². The van der Waals surface area contributed by atoms with Gasteiger partial charge < -0.3 is 10.1 Å². The van der Waals surface area contributed by atoms with Crippen LogP contribution in [0.1, 0.15) is 11.1 Å². The minimum Gasteiger partial charge on any atom is -0.496 e. The molecule has 0 spiro atoms. The SMILES string of the molecule is COc1ccccc1/C=N/NC(=O)CNc1c(Br)cc(C)cc1Br. The van der Waals surface area contributed by atoms with E-state index in [0.29, 0.717) is 5.75 Å². The molecule has 0 bridgehead atoms. The van der Waals surface area contributed by atoms with Crippen molar-refractivity contribution >= 4 is 49.7 Å². The van der Waals surface area contributed by atoms with Gasteiger partial charge in [0.25, 0.3) is 5.91 Å². The highest BCUT2D eigenvalue weighted by Gasteiger charge is 2.08. The average molecular weight is 455 g/mol. The highest BCUT2D eigenvalue weighted by atomic mass is 79.9. The van der Waals surface area contributed by atoms with Gasteiger partial charge in [0.15, 0.2) is 0 Å². The molecular formula is C17H17Br2N3O2. The van der Waals surface area contributed by atoms with E-state index in [4.69, 9.17) is 4.74 Å². The van der Waals surface area contributed by atoms with Crippen molar-refractivity contribution in [3.05, 3.63) is 56.5 Å². The molecule has 7 heteroatoms. The van der Waals surface area contributed by atoms with Crippen molar-refractivity contribution < 1.29 is 9.53 Å². The van der Waals surface area contributed by atoms with Gasteiger partial charge in [0, 0.05) is 14.5 Å². The molecule has 0 aliphatic rings. The summed E-state index contributed by atoms with van der Waals surface area (Å²) in [5, 5.41) is 7.03. The van der Waals surface area contributed by atoms with Gasteiger partial charge >= 0.3 is 0 Å². The predicted octanol–water partition coefficient (Wildman–Crippen LogP) is 4.09. The third-order valence-corrected chi connectivity index (χ3v) is 4.39. The highest BCUT2D eigenvalue weighted by Crippen LogP contribution is 2.32. The van der Waals surface area contributed by atoms with E-state index in [1.165, 1.54) is 0 Å². The number of ether oxygens (including phenoxy) is 1. The van der Waals surface area contributed by atoms with Crippen molar-refractivity contribution in [3.63, 3.8) is 0 Å². The second kappa shape index (κ2) is 8.84. The Morgan fingerprint density at radius 1 is 1.25 bits per heavy atom. The topological polar surface area (TPSA) is 62.7 Å². The molecule has 126 valence electrons. The van der Waals surface area contributed by atoms with Crippen LogP contribution < -0.4 is 15.5 Å². The molecule has 2 aromatic carbocycles. The number of methoxy groups -OCH3 is 1. The number of para-hydroxylation sites is 1. The molecule has 0 unspecified atom stereocenters. The summed E-state index contributed by atoms with van der Waals surface area (Å²) >= 11 is 6.96. The summed E-state index contributed by atoms with van der Waals surface area (Å²) in [6, 6.07) is 11.4. The van der Waals surface area contributed by atoms with Crippen LogP contribution in [0, 0.1) is 6.92 Å². The fraction of sp³-hybridized carbons (Fsp3) is 0.176. The predicted molar refractivity (Wildman–Crippen MR) is 104 cm³/mol. The lowest BCUT2D eigenvalue weighted by Gasteiger charge is -2.11.